The molecular formula is C19H18BrCl2NO2. The lowest BCUT2D eigenvalue weighted by atomic mass is 9.92. The molecule has 132 valence electrons. The lowest BCUT2D eigenvalue weighted by Gasteiger charge is -2.39. The van der Waals surface area contributed by atoms with Crippen molar-refractivity contribution in [2.45, 2.75) is 31.3 Å². The number of carboxylic acids is 1. The van der Waals surface area contributed by atoms with Crippen molar-refractivity contribution >= 4 is 45.1 Å². The predicted molar refractivity (Wildman–Crippen MR) is 104 cm³/mol. The lowest BCUT2D eigenvalue weighted by Crippen LogP contribution is -2.46. The van der Waals surface area contributed by atoms with Crippen LogP contribution in [0.25, 0.3) is 0 Å². The predicted octanol–water partition coefficient (Wildman–Crippen LogP) is 5.78. The van der Waals surface area contributed by atoms with Crippen LogP contribution in [0.3, 0.4) is 0 Å². The van der Waals surface area contributed by atoms with Gasteiger partial charge in [-0.3, -0.25) is 9.69 Å². The largest absolute Gasteiger partial charge is 0.480 e. The molecule has 0 aromatic heterocycles. The number of rotatable bonds is 4. The number of piperidine rings is 1. The Morgan fingerprint density at radius 1 is 1.08 bits per heavy atom. The van der Waals surface area contributed by atoms with Crippen LogP contribution in [0.5, 0.6) is 0 Å². The first-order valence-corrected chi connectivity index (χ1v) is 9.71. The normalized spacial score (nSPS) is 19.6. The van der Waals surface area contributed by atoms with E-state index in [-0.39, 0.29) is 6.04 Å². The van der Waals surface area contributed by atoms with Crippen molar-refractivity contribution in [3.05, 3.63) is 68.1 Å². The second-order valence-electron chi connectivity index (χ2n) is 6.22. The number of aliphatic carboxylic acids is 1. The van der Waals surface area contributed by atoms with E-state index in [9.17, 15) is 9.90 Å². The SMILES string of the molecule is O=C(O)C1CCCCN1C(c1ccc(Br)cc1)c1ccc(Cl)c(Cl)c1. The molecule has 3 nitrogen and oxygen atoms in total. The van der Waals surface area contributed by atoms with Gasteiger partial charge >= 0.3 is 5.97 Å². The number of nitrogens with zero attached hydrogens (tertiary/aromatic N) is 1. The Balaban J connectivity index is 2.08. The van der Waals surface area contributed by atoms with Gasteiger partial charge in [0, 0.05) is 4.47 Å². The Bertz CT molecular complexity index is 767. The molecule has 6 heteroatoms. The fourth-order valence-corrected chi connectivity index (χ4v) is 4.00. The van der Waals surface area contributed by atoms with Crippen LogP contribution < -0.4 is 0 Å². The molecule has 0 aliphatic carbocycles. The molecule has 0 bridgehead atoms. The molecule has 2 aromatic carbocycles. The second kappa shape index (κ2) is 8.09. The second-order valence-corrected chi connectivity index (χ2v) is 7.95. The molecule has 1 aliphatic rings. The number of halogens is 3. The van der Waals surface area contributed by atoms with Crippen LogP contribution in [0.4, 0.5) is 0 Å². The third-order valence-electron chi connectivity index (χ3n) is 4.61. The summed E-state index contributed by atoms with van der Waals surface area (Å²) in [6.07, 6.45) is 2.57. The van der Waals surface area contributed by atoms with Gasteiger partial charge in [-0.1, -0.05) is 63.8 Å². The van der Waals surface area contributed by atoms with E-state index in [1.165, 1.54) is 0 Å². The zero-order valence-electron chi connectivity index (χ0n) is 13.5. The van der Waals surface area contributed by atoms with E-state index in [4.69, 9.17) is 23.2 Å². The number of hydrogen-bond donors (Lipinski definition) is 1. The fraction of sp³-hybridized carbons (Fsp3) is 0.316. The van der Waals surface area contributed by atoms with Crippen LogP contribution in [0.15, 0.2) is 46.9 Å². The molecule has 0 radical (unpaired) electrons. The Labute approximate surface area is 165 Å². The minimum absolute atomic E-state index is 0.177. The maximum absolute atomic E-state index is 11.8. The smallest absolute Gasteiger partial charge is 0.320 e. The molecule has 2 aromatic rings. The molecule has 1 aliphatic heterocycles. The van der Waals surface area contributed by atoms with Crippen molar-refractivity contribution < 1.29 is 9.90 Å². The third kappa shape index (κ3) is 4.20. The van der Waals surface area contributed by atoms with Gasteiger partial charge in [0.2, 0.25) is 0 Å². The average Bonchev–Trinajstić information content (AvgIpc) is 2.60. The van der Waals surface area contributed by atoms with E-state index >= 15 is 0 Å². The molecule has 25 heavy (non-hydrogen) atoms. The molecule has 0 saturated carbocycles. The van der Waals surface area contributed by atoms with Crippen molar-refractivity contribution in [1.82, 2.24) is 4.90 Å². The summed E-state index contributed by atoms with van der Waals surface area (Å²) in [6, 6.07) is 12.8. The monoisotopic (exact) mass is 441 g/mol. The van der Waals surface area contributed by atoms with Gasteiger partial charge < -0.3 is 5.11 Å². The van der Waals surface area contributed by atoms with Crippen LogP contribution >= 0.6 is 39.1 Å². The zero-order valence-corrected chi connectivity index (χ0v) is 16.6. The van der Waals surface area contributed by atoms with Crippen LogP contribution in [-0.2, 0) is 4.79 Å². The summed E-state index contributed by atoms with van der Waals surface area (Å²) in [5.41, 5.74) is 1.99. The Morgan fingerprint density at radius 2 is 1.76 bits per heavy atom. The molecule has 2 atom stereocenters. The van der Waals surface area contributed by atoms with Crippen LogP contribution in [0.1, 0.15) is 36.4 Å². The summed E-state index contributed by atoms with van der Waals surface area (Å²) in [4.78, 5) is 13.9. The van der Waals surface area contributed by atoms with Crippen molar-refractivity contribution in [3.8, 4) is 0 Å². The minimum atomic E-state index is -0.776. The summed E-state index contributed by atoms with van der Waals surface area (Å²) in [5.74, 6) is -0.776. The molecule has 3 rings (SSSR count). The molecule has 1 heterocycles. The van der Waals surface area contributed by atoms with E-state index in [0.717, 1.165) is 35.0 Å². The van der Waals surface area contributed by atoms with Gasteiger partial charge in [0.25, 0.3) is 0 Å². The highest BCUT2D eigenvalue weighted by molar-refractivity contribution is 9.10. The van der Waals surface area contributed by atoms with E-state index in [1.54, 1.807) is 6.07 Å². The number of likely N-dealkylation sites (tertiary alicyclic amines) is 1. The van der Waals surface area contributed by atoms with Gasteiger partial charge in [-0.25, -0.2) is 0 Å². The Hall–Kier alpha value is -1.07. The molecule has 0 amide bonds. The van der Waals surface area contributed by atoms with Crippen molar-refractivity contribution in [2.75, 3.05) is 6.54 Å². The standard InChI is InChI=1S/C19H18BrCl2NO2/c20-14-7-4-12(5-8-14)18(13-6-9-15(21)16(22)11-13)23-10-2-1-3-17(23)19(24)25/h4-9,11,17-18H,1-3,10H2,(H,24,25). The highest BCUT2D eigenvalue weighted by Crippen LogP contribution is 2.37. The first-order chi connectivity index (χ1) is 12.0. The molecule has 1 N–H and O–H groups in total. The maximum atomic E-state index is 11.8. The van der Waals surface area contributed by atoms with Gasteiger partial charge in [-0.15, -0.1) is 0 Å². The summed E-state index contributed by atoms with van der Waals surface area (Å²) in [5, 5.41) is 10.7. The molecule has 1 fully saturated rings. The highest BCUT2D eigenvalue weighted by Gasteiger charge is 2.35. The van der Waals surface area contributed by atoms with Crippen LogP contribution in [0, 0.1) is 0 Å². The van der Waals surface area contributed by atoms with E-state index in [2.05, 4.69) is 20.8 Å². The van der Waals surface area contributed by atoms with Crippen molar-refractivity contribution in [2.24, 2.45) is 0 Å². The summed E-state index contributed by atoms with van der Waals surface area (Å²) in [7, 11) is 0. The minimum Gasteiger partial charge on any atom is -0.480 e. The van der Waals surface area contributed by atoms with Gasteiger partial charge in [-0.05, 0) is 54.8 Å². The average molecular weight is 443 g/mol. The molecule has 0 spiro atoms. The first-order valence-electron chi connectivity index (χ1n) is 8.16. The van der Waals surface area contributed by atoms with Crippen molar-refractivity contribution in [1.29, 1.82) is 0 Å². The van der Waals surface area contributed by atoms with Gasteiger partial charge in [0.1, 0.15) is 6.04 Å². The number of benzene rings is 2. The first kappa shape index (κ1) is 18.7. The Morgan fingerprint density at radius 3 is 2.40 bits per heavy atom. The van der Waals surface area contributed by atoms with Gasteiger partial charge in [0.05, 0.1) is 16.1 Å². The van der Waals surface area contributed by atoms with Crippen LogP contribution in [0.2, 0.25) is 10.0 Å². The number of carbonyl (C=O) groups is 1. The van der Waals surface area contributed by atoms with Crippen molar-refractivity contribution in [3.63, 3.8) is 0 Å². The van der Waals surface area contributed by atoms with Crippen LogP contribution in [-0.4, -0.2) is 28.6 Å². The highest BCUT2D eigenvalue weighted by atomic mass is 79.9. The maximum Gasteiger partial charge on any atom is 0.320 e. The summed E-state index contributed by atoms with van der Waals surface area (Å²) >= 11 is 15.8. The Kier molecular flexibility index (Phi) is 6.05. The lowest BCUT2D eigenvalue weighted by molar-refractivity contribution is -0.145. The van der Waals surface area contributed by atoms with E-state index in [0.29, 0.717) is 16.5 Å². The van der Waals surface area contributed by atoms with E-state index < -0.39 is 12.0 Å². The zero-order chi connectivity index (χ0) is 18.0. The molecule has 2 unspecified atom stereocenters. The third-order valence-corrected chi connectivity index (χ3v) is 5.87. The fourth-order valence-electron chi connectivity index (χ4n) is 3.43. The summed E-state index contributed by atoms with van der Waals surface area (Å²) < 4.78 is 0.984. The quantitative estimate of drug-likeness (QED) is 0.651. The van der Waals surface area contributed by atoms with Gasteiger partial charge in [-0.2, -0.15) is 0 Å². The summed E-state index contributed by atoms with van der Waals surface area (Å²) in [6.45, 7) is 0.734. The molecule has 1 saturated heterocycles. The topological polar surface area (TPSA) is 40.5 Å². The van der Waals surface area contributed by atoms with Gasteiger partial charge in [0.15, 0.2) is 0 Å². The number of carboxylic acid groups (broad SMARTS) is 1. The molecular weight excluding hydrogens is 425 g/mol. The number of hydrogen-bond acceptors (Lipinski definition) is 2. The van der Waals surface area contributed by atoms with E-state index in [1.807, 2.05) is 36.4 Å².